The number of halogens is 1. The quantitative estimate of drug-likeness (QED) is 0.346. The zero-order valence-corrected chi connectivity index (χ0v) is 22.6. The Morgan fingerprint density at radius 3 is 2.50 bits per heavy atom. The minimum absolute atomic E-state index is 0.0270. The van der Waals surface area contributed by atoms with Crippen molar-refractivity contribution < 1.29 is 4.79 Å². The summed E-state index contributed by atoms with van der Waals surface area (Å²) in [5, 5.41) is 13.3. The van der Waals surface area contributed by atoms with Crippen molar-refractivity contribution in [1.29, 1.82) is 0 Å². The third kappa shape index (κ3) is 4.03. The van der Waals surface area contributed by atoms with Crippen molar-refractivity contribution in [3.63, 3.8) is 0 Å². The number of amides is 1. The van der Waals surface area contributed by atoms with E-state index in [9.17, 15) is 4.79 Å². The highest BCUT2D eigenvalue weighted by molar-refractivity contribution is 9.10. The maximum absolute atomic E-state index is 14.3. The number of pyridine rings is 3. The largest absolute Gasteiger partial charge is 0.379 e. The first-order chi connectivity index (χ1) is 18.6. The molecule has 4 aromatic rings. The van der Waals surface area contributed by atoms with Crippen LogP contribution in [0.5, 0.6) is 0 Å². The van der Waals surface area contributed by atoms with Gasteiger partial charge in [-0.25, -0.2) is 14.6 Å². The molecule has 0 radical (unpaired) electrons. The molecule has 2 bridgehead atoms. The van der Waals surface area contributed by atoms with Crippen LogP contribution in [-0.4, -0.2) is 64.9 Å². The van der Waals surface area contributed by atoms with Crippen molar-refractivity contribution in [3.05, 3.63) is 47.0 Å². The first kappa shape index (κ1) is 23.9. The molecule has 3 fully saturated rings. The predicted molar refractivity (Wildman–Crippen MR) is 148 cm³/mol. The zero-order chi connectivity index (χ0) is 25.8. The van der Waals surface area contributed by atoms with Crippen molar-refractivity contribution >= 4 is 49.6 Å². The van der Waals surface area contributed by atoms with Crippen LogP contribution in [-0.2, 0) is 0 Å². The summed E-state index contributed by atoms with van der Waals surface area (Å²) in [7, 11) is 0. The molecule has 0 unspecified atom stereocenters. The van der Waals surface area contributed by atoms with Crippen LogP contribution >= 0.6 is 15.9 Å². The molecule has 10 nitrogen and oxygen atoms in total. The normalized spacial score (nSPS) is 27.2. The standard InChI is InChI=1S/C27H30BrN9O/c28-25-20-3-1-11-30-22(20)23(32-16-7-5-15(29)6-8-16)24(33-25)27(38)36-17-9-10-18(36)14-19(13-17)37-26-21(34-35-37)4-2-12-31-26/h1-4,11-12,15-19,32H,5-10,13-14,29H2/t15?,16?,17-,18-/m1/s1. The lowest BCUT2D eigenvalue weighted by Crippen LogP contribution is -2.47. The Morgan fingerprint density at radius 1 is 0.974 bits per heavy atom. The van der Waals surface area contributed by atoms with E-state index in [0.717, 1.165) is 79.1 Å². The second-order valence-electron chi connectivity index (χ2n) is 10.9. The van der Waals surface area contributed by atoms with Crippen LogP contribution in [0, 0.1) is 0 Å². The molecule has 2 aliphatic heterocycles. The highest BCUT2D eigenvalue weighted by Gasteiger charge is 2.45. The van der Waals surface area contributed by atoms with Gasteiger partial charge < -0.3 is 16.0 Å². The molecular formula is C27H30BrN9O. The van der Waals surface area contributed by atoms with E-state index in [-0.39, 0.29) is 36.1 Å². The van der Waals surface area contributed by atoms with Crippen molar-refractivity contribution in [2.45, 2.75) is 81.6 Å². The summed E-state index contributed by atoms with van der Waals surface area (Å²) < 4.78 is 2.60. The molecule has 11 heteroatoms. The summed E-state index contributed by atoms with van der Waals surface area (Å²) in [5.74, 6) is -0.0270. The smallest absolute Gasteiger partial charge is 0.275 e. The Balaban J connectivity index is 1.21. The fraction of sp³-hybridized carbons (Fsp3) is 0.481. The summed E-state index contributed by atoms with van der Waals surface area (Å²) in [4.78, 5) is 30.4. The fourth-order valence-corrected chi connectivity index (χ4v) is 7.18. The Morgan fingerprint density at radius 2 is 1.71 bits per heavy atom. The Hall–Kier alpha value is -3.18. The highest BCUT2D eigenvalue weighted by atomic mass is 79.9. The molecule has 4 aromatic heterocycles. The van der Waals surface area contributed by atoms with E-state index in [4.69, 9.17) is 10.7 Å². The summed E-state index contributed by atoms with van der Waals surface area (Å²) in [6, 6.07) is 8.59. The average Bonchev–Trinajstić information content (AvgIpc) is 3.49. The summed E-state index contributed by atoms with van der Waals surface area (Å²) >= 11 is 3.62. The van der Waals surface area contributed by atoms with E-state index in [0.29, 0.717) is 10.3 Å². The molecule has 38 heavy (non-hydrogen) atoms. The van der Waals surface area contributed by atoms with E-state index in [2.05, 4.69) is 46.4 Å². The monoisotopic (exact) mass is 575 g/mol. The fourth-order valence-electron chi connectivity index (χ4n) is 6.69. The third-order valence-electron chi connectivity index (χ3n) is 8.56. The first-order valence-electron chi connectivity index (χ1n) is 13.5. The van der Waals surface area contributed by atoms with Gasteiger partial charge in [-0.3, -0.25) is 9.78 Å². The Bertz CT molecular complexity index is 1500. The average molecular weight is 577 g/mol. The number of piperidine rings is 1. The van der Waals surface area contributed by atoms with Gasteiger partial charge in [-0.15, -0.1) is 5.10 Å². The lowest BCUT2D eigenvalue weighted by atomic mass is 9.91. The van der Waals surface area contributed by atoms with Gasteiger partial charge in [0.2, 0.25) is 0 Å². The number of carbonyl (C=O) groups is 1. The van der Waals surface area contributed by atoms with Crippen molar-refractivity contribution in [2.24, 2.45) is 5.73 Å². The van der Waals surface area contributed by atoms with Gasteiger partial charge in [0.05, 0.1) is 17.2 Å². The molecule has 3 aliphatic rings. The second-order valence-corrected chi connectivity index (χ2v) is 11.6. The topological polar surface area (TPSA) is 128 Å². The van der Waals surface area contributed by atoms with Gasteiger partial charge in [-0.1, -0.05) is 5.21 Å². The van der Waals surface area contributed by atoms with E-state index < -0.39 is 0 Å². The third-order valence-corrected chi connectivity index (χ3v) is 9.16. The molecule has 0 aromatic carbocycles. The van der Waals surface area contributed by atoms with Crippen LogP contribution in [0.4, 0.5) is 5.69 Å². The van der Waals surface area contributed by atoms with E-state index in [1.54, 1.807) is 12.4 Å². The molecule has 0 spiro atoms. The minimum atomic E-state index is -0.0270. The molecule has 196 valence electrons. The zero-order valence-electron chi connectivity index (χ0n) is 21.0. The number of nitrogens with one attached hydrogen (secondary N) is 1. The number of nitrogens with two attached hydrogens (primary N) is 1. The number of nitrogens with zero attached hydrogens (tertiary/aromatic N) is 7. The van der Waals surface area contributed by atoms with Crippen LogP contribution in [0.15, 0.2) is 41.3 Å². The van der Waals surface area contributed by atoms with Gasteiger partial charge in [-0.05, 0) is 91.6 Å². The minimum Gasteiger partial charge on any atom is -0.379 e. The lowest BCUT2D eigenvalue weighted by molar-refractivity contribution is 0.0521. The molecule has 1 amide bonds. The predicted octanol–water partition coefficient (Wildman–Crippen LogP) is 4.22. The summed E-state index contributed by atoms with van der Waals surface area (Å²) in [5.41, 5.74) is 9.72. The molecular weight excluding hydrogens is 546 g/mol. The van der Waals surface area contributed by atoms with Crippen LogP contribution < -0.4 is 11.1 Å². The molecule has 2 saturated heterocycles. The van der Waals surface area contributed by atoms with Crippen molar-refractivity contribution in [2.75, 3.05) is 5.32 Å². The van der Waals surface area contributed by atoms with E-state index in [1.807, 2.05) is 28.9 Å². The Labute approximate surface area is 228 Å². The number of rotatable bonds is 4. The van der Waals surface area contributed by atoms with Crippen LogP contribution in [0.2, 0.25) is 0 Å². The van der Waals surface area contributed by atoms with Gasteiger partial charge in [0.25, 0.3) is 5.91 Å². The molecule has 1 saturated carbocycles. The molecule has 6 heterocycles. The second kappa shape index (κ2) is 9.53. The summed E-state index contributed by atoms with van der Waals surface area (Å²) in [6.45, 7) is 0. The van der Waals surface area contributed by atoms with Crippen LogP contribution in [0.3, 0.4) is 0 Å². The van der Waals surface area contributed by atoms with E-state index >= 15 is 0 Å². The lowest BCUT2D eigenvalue weighted by Gasteiger charge is -2.39. The van der Waals surface area contributed by atoms with Gasteiger partial charge in [0.15, 0.2) is 11.3 Å². The molecule has 3 N–H and O–H groups in total. The van der Waals surface area contributed by atoms with Gasteiger partial charge in [0, 0.05) is 41.9 Å². The number of anilines is 1. The van der Waals surface area contributed by atoms with E-state index in [1.165, 1.54) is 0 Å². The maximum atomic E-state index is 14.3. The van der Waals surface area contributed by atoms with Crippen molar-refractivity contribution in [1.82, 2.24) is 34.8 Å². The molecule has 1 aliphatic carbocycles. The number of hydrogen-bond donors (Lipinski definition) is 2. The van der Waals surface area contributed by atoms with Crippen LogP contribution in [0.25, 0.3) is 22.1 Å². The maximum Gasteiger partial charge on any atom is 0.275 e. The number of hydrogen-bond acceptors (Lipinski definition) is 8. The van der Waals surface area contributed by atoms with Gasteiger partial charge >= 0.3 is 0 Å². The Kier molecular flexibility index (Phi) is 6.00. The molecule has 2 atom stereocenters. The van der Waals surface area contributed by atoms with Gasteiger partial charge in [-0.2, -0.15) is 0 Å². The summed E-state index contributed by atoms with van der Waals surface area (Å²) in [6.07, 6.45) is 11.0. The SMILES string of the molecule is NC1CCC(Nc2c(C(=O)N3[C@@H]4CC[C@@H]3CC(n3nnc5cccnc53)C4)nc(Br)c3cccnc23)CC1. The molecule has 7 rings (SSSR count). The highest BCUT2D eigenvalue weighted by Crippen LogP contribution is 2.43. The number of fused-ring (bicyclic) bond motifs is 4. The number of carbonyl (C=O) groups excluding carboxylic acids is 1. The van der Waals surface area contributed by atoms with Gasteiger partial charge in [0.1, 0.15) is 10.1 Å². The number of aromatic nitrogens is 6. The first-order valence-corrected chi connectivity index (χ1v) is 14.3. The van der Waals surface area contributed by atoms with Crippen molar-refractivity contribution in [3.8, 4) is 0 Å². The van der Waals surface area contributed by atoms with Crippen LogP contribution in [0.1, 0.15) is 67.9 Å².